The Kier molecular flexibility index (Phi) is 2.91. The molecule has 0 aliphatic carbocycles. The number of benzene rings is 1. The van der Waals surface area contributed by atoms with Crippen LogP contribution < -0.4 is 10.6 Å². The first-order valence-electron chi connectivity index (χ1n) is 5.43. The van der Waals surface area contributed by atoms with Crippen LogP contribution in [0.15, 0.2) is 18.2 Å². The summed E-state index contributed by atoms with van der Waals surface area (Å²) in [6, 6.07) is 5.55. The van der Waals surface area contributed by atoms with E-state index in [-0.39, 0.29) is 11.9 Å². The van der Waals surface area contributed by atoms with Gasteiger partial charge in [-0.15, -0.1) is 0 Å². The van der Waals surface area contributed by atoms with E-state index in [0.717, 1.165) is 31.5 Å². The molecule has 3 heteroatoms. The van der Waals surface area contributed by atoms with Crippen molar-refractivity contribution in [3.05, 3.63) is 29.6 Å². The van der Waals surface area contributed by atoms with E-state index in [2.05, 4.69) is 0 Å². The Morgan fingerprint density at radius 1 is 1.47 bits per heavy atom. The summed E-state index contributed by atoms with van der Waals surface area (Å²) in [7, 11) is 0. The van der Waals surface area contributed by atoms with Crippen LogP contribution in [0.2, 0.25) is 0 Å². The number of hydrogen-bond acceptors (Lipinski definition) is 2. The highest BCUT2D eigenvalue weighted by molar-refractivity contribution is 5.49. The smallest absolute Gasteiger partial charge is 0.146 e. The third kappa shape index (κ3) is 2.29. The molecule has 0 amide bonds. The minimum Gasteiger partial charge on any atom is -0.368 e. The van der Waals surface area contributed by atoms with Crippen molar-refractivity contribution in [2.45, 2.75) is 25.8 Å². The lowest BCUT2D eigenvalue weighted by molar-refractivity contribution is 0.498. The lowest BCUT2D eigenvalue weighted by atomic mass is 10.1. The fourth-order valence-corrected chi connectivity index (χ4v) is 2.10. The maximum Gasteiger partial charge on any atom is 0.146 e. The lowest BCUT2D eigenvalue weighted by Gasteiger charge is -2.32. The molecular formula is C12H17FN2. The molecule has 0 radical (unpaired) electrons. The van der Waals surface area contributed by atoms with Crippen LogP contribution in [-0.4, -0.2) is 19.1 Å². The van der Waals surface area contributed by atoms with Crippen LogP contribution in [0, 0.1) is 12.7 Å². The van der Waals surface area contributed by atoms with Gasteiger partial charge in [0.25, 0.3) is 0 Å². The van der Waals surface area contributed by atoms with Gasteiger partial charge in [-0.2, -0.15) is 0 Å². The standard InChI is InChI=1S/C12H17FN2/c1-9-4-5-12(11(13)7-9)15-6-2-3-10(14)8-15/h4-5,7,10H,2-3,6,8,14H2,1H3. The van der Waals surface area contributed by atoms with Gasteiger partial charge in [0.05, 0.1) is 5.69 Å². The fraction of sp³-hybridized carbons (Fsp3) is 0.500. The molecule has 1 aromatic carbocycles. The van der Waals surface area contributed by atoms with Crippen molar-refractivity contribution in [1.82, 2.24) is 0 Å². The Labute approximate surface area is 89.9 Å². The second kappa shape index (κ2) is 4.19. The number of rotatable bonds is 1. The lowest BCUT2D eigenvalue weighted by Crippen LogP contribution is -2.43. The second-order valence-corrected chi connectivity index (χ2v) is 4.30. The first-order valence-corrected chi connectivity index (χ1v) is 5.43. The predicted octanol–water partition coefficient (Wildman–Crippen LogP) is 2.06. The zero-order valence-electron chi connectivity index (χ0n) is 9.04. The Balaban J connectivity index is 2.21. The van der Waals surface area contributed by atoms with Crippen LogP contribution in [-0.2, 0) is 0 Å². The zero-order valence-corrected chi connectivity index (χ0v) is 9.04. The number of nitrogens with two attached hydrogens (primary N) is 1. The van der Waals surface area contributed by atoms with E-state index in [9.17, 15) is 4.39 Å². The first-order chi connectivity index (χ1) is 7.16. The summed E-state index contributed by atoms with van der Waals surface area (Å²) in [5.74, 6) is -0.135. The molecule has 2 nitrogen and oxygen atoms in total. The molecule has 1 unspecified atom stereocenters. The van der Waals surface area contributed by atoms with Crippen LogP contribution >= 0.6 is 0 Å². The van der Waals surface area contributed by atoms with Gasteiger partial charge in [0.1, 0.15) is 5.82 Å². The molecule has 82 valence electrons. The highest BCUT2D eigenvalue weighted by Gasteiger charge is 2.19. The van der Waals surface area contributed by atoms with Crippen molar-refractivity contribution in [3.8, 4) is 0 Å². The first kappa shape index (κ1) is 10.4. The highest BCUT2D eigenvalue weighted by atomic mass is 19.1. The van der Waals surface area contributed by atoms with E-state index in [1.54, 1.807) is 6.07 Å². The topological polar surface area (TPSA) is 29.3 Å². The van der Waals surface area contributed by atoms with Crippen molar-refractivity contribution in [2.24, 2.45) is 5.73 Å². The molecule has 15 heavy (non-hydrogen) atoms. The van der Waals surface area contributed by atoms with E-state index in [1.165, 1.54) is 0 Å². The second-order valence-electron chi connectivity index (χ2n) is 4.30. The molecule has 1 saturated heterocycles. The van der Waals surface area contributed by atoms with Crippen molar-refractivity contribution >= 4 is 5.69 Å². The Morgan fingerprint density at radius 2 is 2.27 bits per heavy atom. The maximum atomic E-state index is 13.7. The van der Waals surface area contributed by atoms with Crippen molar-refractivity contribution < 1.29 is 4.39 Å². The molecule has 0 bridgehead atoms. The monoisotopic (exact) mass is 208 g/mol. The molecule has 2 rings (SSSR count). The molecule has 1 aliphatic heterocycles. The number of piperidine rings is 1. The molecule has 0 saturated carbocycles. The normalized spacial score (nSPS) is 21.8. The molecule has 0 spiro atoms. The molecule has 1 fully saturated rings. The zero-order chi connectivity index (χ0) is 10.8. The maximum absolute atomic E-state index is 13.7. The highest BCUT2D eigenvalue weighted by Crippen LogP contribution is 2.23. The van der Waals surface area contributed by atoms with Gasteiger partial charge < -0.3 is 10.6 Å². The Hall–Kier alpha value is -1.09. The molecule has 0 aromatic heterocycles. The van der Waals surface area contributed by atoms with E-state index in [1.807, 2.05) is 24.0 Å². The van der Waals surface area contributed by atoms with Gasteiger partial charge in [-0.05, 0) is 37.5 Å². The molecule has 1 atom stereocenters. The van der Waals surface area contributed by atoms with E-state index >= 15 is 0 Å². The van der Waals surface area contributed by atoms with Gasteiger partial charge in [-0.3, -0.25) is 0 Å². The number of hydrogen-bond donors (Lipinski definition) is 1. The summed E-state index contributed by atoms with van der Waals surface area (Å²) >= 11 is 0. The number of anilines is 1. The quantitative estimate of drug-likeness (QED) is 0.765. The van der Waals surface area contributed by atoms with Gasteiger partial charge >= 0.3 is 0 Å². The summed E-state index contributed by atoms with van der Waals surface area (Å²) in [5.41, 5.74) is 7.52. The summed E-state index contributed by atoms with van der Waals surface area (Å²) < 4.78 is 13.7. The van der Waals surface area contributed by atoms with Crippen molar-refractivity contribution in [1.29, 1.82) is 0 Å². The minimum absolute atomic E-state index is 0.135. The molecule has 2 N–H and O–H groups in total. The number of halogens is 1. The van der Waals surface area contributed by atoms with Crippen molar-refractivity contribution in [2.75, 3.05) is 18.0 Å². The van der Waals surface area contributed by atoms with Crippen LogP contribution in [0.1, 0.15) is 18.4 Å². The van der Waals surface area contributed by atoms with E-state index in [0.29, 0.717) is 5.69 Å². The molecule has 1 heterocycles. The summed E-state index contributed by atoms with van der Waals surface area (Å²) in [4.78, 5) is 2.04. The minimum atomic E-state index is -0.135. The van der Waals surface area contributed by atoms with Crippen LogP contribution in [0.25, 0.3) is 0 Å². The molecular weight excluding hydrogens is 191 g/mol. The van der Waals surface area contributed by atoms with E-state index < -0.39 is 0 Å². The van der Waals surface area contributed by atoms with Gasteiger partial charge in [-0.25, -0.2) is 4.39 Å². The van der Waals surface area contributed by atoms with Crippen LogP contribution in [0.5, 0.6) is 0 Å². The van der Waals surface area contributed by atoms with Gasteiger partial charge in [-0.1, -0.05) is 6.07 Å². The van der Waals surface area contributed by atoms with Crippen LogP contribution in [0.3, 0.4) is 0 Å². The third-order valence-corrected chi connectivity index (χ3v) is 2.90. The average molecular weight is 208 g/mol. The fourth-order valence-electron chi connectivity index (χ4n) is 2.10. The summed E-state index contributed by atoms with van der Waals surface area (Å²) in [5, 5.41) is 0. The number of nitrogens with zero attached hydrogens (tertiary/aromatic N) is 1. The number of aryl methyl sites for hydroxylation is 1. The van der Waals surface area contributed by atoms with Gasteiger partial charge in [0.2, 0.25) is 0 Å². The van der Waals surface area contributed by atoms with E-state index in [4.69, 9.17) is 5.73 Å². The molecule has 1 aliphatic rings. The SMILES string of the molecule is Cc1ccc(N2CCCC(N)C2)c(F)c1. The third-order valence-electron chi connectivity index (χ3n) is 2.90. The average Bonchev–Trinajstić information content (AvgIpc) is 2.17. The summed E-state index contributed by atoms with van der Waals surface area (Å²) in [6.45, 7) is 3.57. The largest absolute Gasteiger partial charge is 0.368 e. The predicted molar refractivity (Wildman–Crippen MR) is 60.6 cm³/mol. The Morgan fingerprint density at radius 3 is 2.93 bits per heavy atom. The van der Waals surface area contributed by atoms with Gasteiger partial charge in [0.15, 0.2) is 0 Å². The molecule has 1 aromatic rings. The van der Waals surface area contributed by atoms with Crippen molar-refractivity contribution in [3.63, 3.8) is 0 Å². The van der Waals surface area contributed by atoms with Crippen LogP contribution in [0.4, 0.5) is 10.1 Å². The Bertz CT molecular complexity index is 351. The van der Waals surface area contributed by atoms with Gasteiger partial charge in [0, 0.05) is 19.1 Å². The summed E-state index contributed by atoms with van der Waals surface area (Å²) in [6.07, 6.45) is 2.10.